The molecule has 6 heteroatoms. The molecule has 0 atom stereocenters. The summed E-state index contributed by atoms with van der Waals surface area (Å²) in [5.74, 6) is 0.0544. The molecular formula is C24H27Cl2NO3. The van der Waals surface area contributed by atoms with E-state index < -0.39 is 5.92 Å². The third-order valence-electron chi connectivity index (χ3n) is 6.27. The molecule has 0 saturated heterocycles. The summed E-state index contributed by atoms with van der Waals surface area (Å²) in [4.78, 5) is 26.7. The number of dihydropyridines is 1. The van der Waals surface area contributed by atoms with Crippen molar-refractivity contribution in [3.8, 4) is 5.75 Å². The predicted molar refractivity (Wildman–Crippen MR) is 119 cm³/mol. The Balaban J connectivity index is 2.00. The number of ketones is 2. The van der Waals surface area contributed by atoms with Crippen LogP contribution in [0.5, 0.6) is 5.75 Å². The Morgan fingerprint density at radius 1 is 0.900 bits per heavy atom. The molecule has 3 aliphatic rings. The zero-order valence-electron chi connectivity index (χ0n) is 18.0. The number of Topliss-reactive ketones (excluding diaryl/α,β-unsaturated/α-hetero) is 2. The summed E-state index contributed by atoms with van der Waals surface area (Å²) in [6, 6.07) is 3.40. The summed E-state index contributed by atoms with van der Waals surface area (Å²) >= 11 is 12.8. The standard InChI is InChI=1S/C24H27Cl2NO3/c1-23(2)8-15-20(17(28)10-23)19(13-6-12(25)7-14(26)22(13)30-5)21-16(27-15)9-24(3,4)11-18(21)29/h6-7,19,27H,8-11H2,1-5H3. The van der Waals surface area contributed by atoms with Gasteiger partial charge in [-0.3, -0.25) is 9.59 Å². The fourth-order valence-corrected chi connectivity index (χ4v) is 5.80. The number of carbonyl (C=O) groups is 2. The summed E-state index contributed by atoms with van der Waals surface area (Å²) < 4.78 is 5.62. The van der Waals surface area contributed by atoms with E-state index in [4.69, 9.17) is 27.9 Å². The van der Waals surface area contributed by atoms with Crippen LogP contribution in [0.15, 0.2) is 34.7 Å². The minimum Gasteiger partial charge on any atom is -0.495 e. The molecule has 30 heavy (non-hydrogen) atoms. The molecule has 0 radical (unpaired) electrons. The fraction of sp³-hybridized carbons (Fsp3) is 0.500. The molecule has 160 valence electrons. The van der Waals surface area contributed by atoms with Crippen molar-refractivity contribution < 1.29 is 14.3 Å². The quantitative estimate of drug-likeness (QED) is 0.605. The van der Waals surface area contributed by atoms with Crippen LogP contribution in [0.4, 0.5) is 0 Å². The molecule has 1 N–H and O–H groups in total. The van der Waals surface area contributed by atoms with Crippen molar-refractivity contribution >= 4 is 34.8 Å². The van der Waals surface area contributed by atoms with Gasteiger partial charge in [0.1, 0.15) is 5.75 Å². The second-order valence-corrected chi connectivity index (χ2v) is 11.1. The predicted octanol–water partition coefficient (Wildman–Crippen LogP) is 5.98. The number of benzene rings is 1. The topological polar surface area (TPSA) is 55.4 Å². The van der Waals surface area contributed by atoms with E-state index in [0.29, 0.717) is 45.3 Å². The van der Waals surface area contributed by atoms with Crippen molar-refractivity contribution in [2.75, 3.05) is 7.11 Å². The van der Waals surface area contributed by atoms with E-state index in [2.05, 4.69) is 33.0 Å². The smallest absolute Gasteiger partial charge is 0.162 e. The summed E-state index contributed by atoms with van der Waals surface area (Å²) in [7, 11) is 1.54. The van der Waals surface area contributed by atoms with Crippen LogP contribution in [0.2, 0.25) is 10.0 Å². The maximum Gasteiger partial charge on any atom is 0.162 e. The zero-order chi connectivity index (χ0) is 22.0. The van der Waals surface area contributed by atoms with Crippen LogP contribution in [0.1, 0.15) is 64.9 Å². The van der Waals surface area contributed by atoms with Gasteiger partial charge in [0.2, 0.25) is 0 Å². The number of methoxy groups -OCH3 is 1. The van der Waals surface area contributed by atoms with Crippen molar-refractivity contribution in [2.24, 2.45) is 10.8 Å². The highest BCUT2D eigenvalue weighted by Gasteiger charge is 2.47. The zero-order valence-corrected chi connectivity index (χ0v) is 19.6. The van der Waals surface area contributed by atoms with Crippen LogP contribution in [0.3, 0.4) is 0 Å². The van der Waals surface area contributed by atoms with E-state index in [-0.39, 0.29) is 22.4 Å². The third kappa shape index (κ3) is 3.58. The highest BCUT2D eigenvalue weighted by molar-refractivity contribution is 6.35. The van der Waals surface area contributed by atoms with Gasteiger partial charge >= 0.3 is 0 Å². The highest BCUT2D eigenvalue weighted by atomic mass is 35.5. The Bertz CT molecular complexity index is 981. The number of nitrogens with one attached hydrogen (secondary N) is 1. The summed E-state index contributed by atoms with van der Waals surface area (Å²) in [5.41, 5.74) is 3.51. The SMILES string of the molecule is COc1c(Cl)cc(Cl)cc1C1C2=C(CC(C)(C)CC2=O)NC2=C1C(=O)CC(C)(C)C2. The van der Waals surface area contributed by atoms with Crippen LogP contribution < -0.4 is 10.1 Å². The monoisotopic (exact) mass is 447 g/mol. The largest absolute Gasteiger partial charge is 0.495 e. The minimum atomic E-state index is -0.519. The Morgan fingerprint density at radius 3 is 1.87 bits per heavy atom. The lowest BCUT2D eigenvalue weighted by molar-refractivity contribution is -0.119. The average Bonchev–Trinajstić information content (AvgIpc) is 2.57. The van der Waals surface area contributed by atoms with Gasteiger partial charge in [0.05, 0.1) is 12.1 Å². The first-order valence-electron chi connectivity index (χ1n) is 10.2. The summed E-state index contributed by atoms with van der Waals surface area (Å²) in [6.45, 7) is 8.40. The number of hydrogen-bond acceptors (Lipinski definition) is 4. The molecule has 0 amide bonds. The van der Waals surface area contributed by atoms with E-state index in [1.807, 2.05) is 0 Å². The third-order valence-corrected chi connectivity index (χ3v) is 6.77. The fourth-order valence-electron chi connectivity index (χ4n) is 5.21. The molecule has 0 unspecified atom stereocenters. The molecule has 1 aromatic carbocycles. The van der Waals surface area contributed by atoms with Crippen molar-refractivity contribution in [3.05, 3.63) is 50.3 Å². The van der Waals surface area contributed by atoms with Crippen molar-refractivity contribution in [3.63, 3.8) is 0 Å². The number of ether oxygens (including phenoxy) is 1. The van der Waals surface area contributed by atoms with Crippen LogP contribution >= 0.6 is 23.2 Å². The summed E-state index contributed by atoms with van der Waals surface area (Å²) in [5, 5.41) is 4.33. The highest BCUT2D eigenvalue weighted by Crippen LogP contribution is 2.53. The Morgan fingerprint density at radius 2 is 1.40 bits per heavy atom. The first-order chi connectivity index (χ1) is 13.9. The first-order valence-corrected chi connectivity index (χ1v) is 11.0. The second-order valence-electron chi connectivity index (χ2n) is 10.2. The number of carbonyl (C=O) groups excluding carboxylic acids is 2. The molecule has 0 aromatic heterocycles. The maximum absolute atomic E-state index is 13.4. The minimum absolute atomic E-state index is 0.0566. The normalized spacial score (nSPS) is 23.2. The van der Waals surface area contributed by atoms with E-state index in [1.165, 1.54) is 0 Å². The lowest BCUT2D eigenvalue weighted by atomic mass is 9.64. The van der Waals surface area contributed by atoms with Crippen molar-refractivity contribution in [2.45, 2.75) is 59.3 Å². The number of rotatable bonds is 2. The van der Waals surface area contributed by atoms with Crippen LogP contribution in [0.25, 0.3) is 0 Å². The Kier molecular flexibility index (Phi) is 5.10. The lowest BCUT2D eigenvalue weighted by Gasteiger charge is -2.44. The van der Waals surface area contributed by atoms with Gasteiger partial charge in [-0.25, -0.2) is 0 Å². The van der Waals surface area contributed by atoms with E-state index >= 15 is 0 Å². The molecule has 0 fully saturated rings. The van der Waals surface area contributed by atoms with Gasteiger partial charge in [-0.2, -0.15) is 0 Å². The Hall–Kier alpha value is -1.78. The summed E-state index contributed by atoms with van der Waals surface area (Å²) in [6.07, 6.45) is 2.35. The first kappa shape index (κ1) is 21.5. The van der Waals surface area contributed by atoms with Gasteiger partial charge in [-0.05, 0) is 35.8 Å². The molecule has 2 aliphatic carbocycles. The van der Waals surface area contributed by atoms with Crippen molar-refractivity contribution in [1.29, 1.82) is 0 Å². The molecule has 4 nitrogen and oxygen atoms in total. The Labute approximate surface area is 187 Å². The number of allylic oxidation sites excluding steroid dienone is 4. The van der Waals surface area contributed by atoms with Gasteiger partial charge in [-0.15, -0.1) is 0 Å². The number of hydrogen-bond donors (Lipinski definition) is 1. The van der Waals surface area contributed by atoms with Crippen LogP contribution in [-0.2, 0) is 9.59 Å². The molecule has 0 saturated carbocycles. The van der Waals surface area contributed by atoms with E-state index in [9.17, 15) is 9.59 Å². The molecule has 0 bridgehead atoms. The van der Waals surface area contributed by atoms with Crippen LogP contribution in [-0.4, -0.2) is 18.7 Å². The lowest BCUT2D eigenvalue weighted by Crippen LogP contribution is -2.42. The molecular weight excluding hydrogens is 421 g/mol. The molecule has 1 aromatic rings. The van der Waals surface area contributed by atoms with Gasteiger partial charge in [-0.1, -0.05) is 50.9 Å². The van der Waals surface area contributed by atoms with Gasteiger partial charge in [0.15, 0.2) is 11.6 Å². The number of halogens is 2. The van der Waals surface area contributed by atoms with Gasteiger partial charge in [0, 0.05) is 51.9 Å². The van der Waals surface area contributed by atoms with Crippen molar-refractivity contribution in [1.82, 2.24) is 5.32 Å². The maximum atomic E-state index is 13.4. The van der Waals surface area contributed by atoms with E-state index in [1.54, 1.807) is 19.2 Å². The van der Waals surface area contributed by atoms with Gasteiger partial charge < -0.3 is 10.1 Å². The second kappa shape index (κ2) is 7.13. The van der Waals surface area contributed by atoms with E-state index in [0.717, 1.165) is 24.2 Å². The van der Waals surface area contributed by atoms with Crippen LogP contribution in [0, 0.1) is 10.8 Å². The molecule has 0 spiro atoms. The average molecular weight is 448 g/mol. The molecule has 1 heterocycles. The van der Waals surface area contributed by atoms with Gasteiger partial charge in [0.25, 0.3) is 0 Å². The molecule has 4 rings (SSSR count). The molecule has 1 aliphatic heterocycles.